The maximum atomic E-state index is 11.9. The minimum absolute atomic E-state index is 0.116. The van der Waals surface area contributed by atoms with E-state index in [1.165, 1.54) is 6.20 Å². The molecule has 122 valence electrons. The average Bonchev–Trinajstić information content (AvgIpc) is 2.58. The van der Waals surface area contributed by atoms with Crippen LogP contribution in [0, 0.1) is 6.92 Å². The molecule has 0 bridgehead atoms. The number of fused-ring (bicyclic) bond motifs is 1. The molecule has 0 saturated heterocycles. The molecule has 0 aliphatic heterocycles. The van der Waals surface area contributed by atoms with Gasteiger partial charge in [-0.05, 0) is 19.1 Å². The molecule has 0 aliphatic carbocycles. The fourth-order valence-electron chi connectivity index (χ4n) is 2.25. The Balaban J connectivity index is 1.60. The molecule has 0 atom stereocenters. The number of hydrogen-bond donors (Lipinski definition) is 2. The van der Waals surface area contributed by atoms with E-state index in [2.05, 4.69) is 20.3 Å². The van der Waals surface area contributed by atoms with Crippen LogP contribution in [0.4, 0.5) is 0 Å². The van der Waals surface area contributed by atoms with Crippen molar-refractivity contribution in [3.63, 3.8) is 0 Å². The van der Waals surface area contributed by atoms with E-state index in [1.54, 1.807) is 0 Å². The van der Waals surface area contributed by atoms with E-state index >= 15 is 0 Å². The zero-order valence-corrected chi connectivity index (χ0v) is 13.1. The molecule has 2 heterocycles. The number of nitrogens with one attached hydrogen (secondary N) is 2. The fraction of sp³-hybridized carbons (Fsp3) is 0.176. The summed E-state index contributed by atoms with van der Waals surface area (Å²) in [5.41, 5.74) is 1.40. The van der Waals surface area contributed by atoms with Gasteiger partial charge in [-0.25, -0.2) is 4.98 Å². The van der Waals surface area contributed by atoms with Gasteiger partial charge in [0.25, 0.3) is 11.5 Å². The Kier molecular flexibility index (Phi) is 4.51. The van der Waals surface area contributed by atoms with Gasteiger partial charge in [0.2, 0.25) is 0 Å². The van der Waals surface area contributed by atoms with Crippen molar-refractivity contribution >= 4 is 16.8 Å². The second-order valence-corrected chi connectivity index (χ2v) is 5.20. The number of aromatic nitrogens is 3. The molecule has 0 radical (unpaired) electrons. The monoisotopic (exact) mass is 324 g/mol. The van der Waals surface area contributed by atoms with E-state index in [9.17, 15) is 9.59 Å². The van der Waals surface area contributed by atoms with E-state index in [0.29, 0.717) is 5.75 Å². The van der Waals surface area contributed by atoms with Crippen molar-refractivity contribution < 1.29 is 9.53 Å². The molecule has 0 saturated carbocycles. The third-order valence-corrected chi connectivity index (χ3v) is 3.37. The Labute approximate surface area is 137 Å². The Morgan fingerprint density at radius 1 is 1.25 bits per heavy atom. The normalized spacial score (nSPS) is 10.5. The van der Waals surface area contributed by atoms with Gasteiger partial charge in [-0.2, -0.15) is 0 Å². The molecule has 3 aromatic rings. The number of carbonyl (C=O) groups is 1. The van der Waals surface area contributed by atoms with Gasteiger partial charge < -0.3 is 15.0 Å². The van der Waals surface area contributed by atoms with Crippen LogP contribution >= 0.6 is 0 Å². The average molecular weight is 324 g/mol. The molecule has 2 N–H and O–H groups in total. The lowest BCUT2D eigenvalue weighted by molar-refractivity contribution is 0.0941. The highest BCUT2D eigenvalue weighted by Gasteiger charge is 2.07. The summed E-state index contributed by atoms with van der Waals surface area (Å²) in [6.45, 7) is 2.49. The molecule has 2 aromatic heterocycles. The van der Waals surface area contributed by atoms with Crippen molar-refractivity contribution in [3.05, 3.63) is 64.5 Å². The largest absolute Gasteiger partial charge is 0.489 e. The molecule has 1 aromatic carbocycles. The minimum atomic E-state index is -0.420. The Bertz CT molecular complexity index is 936. The molecule has 0 fully saturated rings. The summed E-state index contributed by atoms with van der Waals surface area (Å²) in [5, 5.41) is 3.66. The molecule has 0 spiro atoms. The van der Waals surface area contributed by atoms with Crippen molar-refractivity contribution in [1.29, 1.82) is 0 Å². The summed E-state index contributed by atoms with van der Waals surface area (Å²) < 4.78 is 5.72. The first-order chi connectivity index (χ1) is 11.6. The summed E-state index contributed by atoms with van der Waals surface area (Å²) in [6.07, 6.45) is 2.41. The maximum Gasteiger partial charge on any atom is 0.269 e. The van der Waals surface area contributed by atoms with Gasteiger partial charge >= 0.3 is 0 Å². The quantitative estimate of drug-likeness (QED) is 0.692. The summed E-state index contributed by atoms with van der Waals surface area (Å²) in [4.78, 5) is 33.6. The summed E-state index contributed by atoms with van der Waals surface area (Å²) in [6, 6.07) is 9.64. The van der Waals surface area contributed by atoms with Crippen LogP contribution in [0.3, 0.4) is 0 Å². The number of amides is 1. The number of carbonyl (C=O) groups excluding carboxylic acids is 1. The molecule has 7 heteroatoms. The highest BCUT2D eigenvalue weighted by Crippen LogP contribution is 2.23. The zero-order chi connectivity index (χ0) is 16.9. The number of hydrogen-bond acceptors (Lipinski definition) is 5. The topological polar surface area (TPSA) is 97.0 Å². The maximum absolute atomic E-state index is 11.9. The van der Waals surface area contributed by atoms with Crippen LogP contribution in [0.2, 0.25) is 0 Å². The molecule has 0 aliphatic rings. The number of para-hydroxylation sites is 1. The predicted molar refractivity (Wildman–Crippen MR) is 89.2 cm³/mol. The highest BCUT2D eigenvalue weighted by atomic mass is 16.5. The fourth-order valence-corrected chi connectivity index (χ4v) is 2.25. The lowest BCUT2D eigenvalue weighted by atomic mass is 10.2. The smallest absolute Gasteiger partial charge is 0.269 e. The Morgan fingerprint density at radius 3 is 2.96 bits per heavy atom. The third-order valence-electron chi connectivity index (χ3n) is 3.37. The number of rotatable bonds is 5. The lowest BCUT2D eigenvalue weighted by Crippen LogP contribution is -2.30. The van der Waals surface area contributed by atoms with Crippen LogP contribution in [-0.2, 0) is 0 Å². The molecular formula is C17H16N4O3. The van der Waals surface area contributed by atoms with E-state index in [0.717, 1.165) is 22.8 Å². The second kappa shape index (κ2) is 6.91. The van der Waals surface area contributed by atoms with E-state index in [-0.39, 0.29) is 18.8 Å². The number of pyridine rings is 1. The summed E-state index contributed by atoms with van der Waals surface area (Å²) in [7, 11) is 0. The number of benzene rings is 1. The molecule has 24 heavy (non-hydrogen) atoms. The van der Waals surface area contributed by atoms with Crippen molar-refractivity contribution in [2.45, 2.75) is 6.92 Å². The second-order valence-electron chi connectivity index (χ2n) is 5.20. The van der Waals surface area contributed by atoms with Gasteiger partial charge in [-0.15, -0.1) is 0 Å². The number of aryl methyl sites for hydroxylation is 1. The Morgan fingerprint density at radius 2 is 2.12 bits per heavy atom. The van der Waals surface area contributed by atoms with Crippen LogP contribution in [0.5, 0.6) is 5.75 Å². The van der Waals surface area contributed by atoms with Crippen molar-refractivity contribution in [2.75, 3.05) is 13.2 Å². The SMILES string of the molecule is Cc1ccc2cccc(OCCNC(=O)c3cncc(=O)[nH]3)c2n1. The minimum Gasteiger partial charge on any atom is -0.489 e. The first-order valence-corrected chi connectivity index (χ1v) is 7.45. The van der Waals surface area contributed by atoms with E-state index in [1.807, 2.05) is 37.3 Å². The van der Waals surface area contributed by atoms with E-state index < -0.39 is 11.5 Å². The van der Waals surface area contributed by atoms with Gasteiger partial charge in [-0.3, -0.25) is 14.6 Å². The van der Waals surface area contributed by atoms with Crippen molar-refractivity contribution in [3.8, 4) is 5.75 Å². The molecule has 7 nitrogen and oxygen atoms in total. The molecule has 0 unspecified atom stereocenters. The van der Waals surface area contributed by atoms with Crippen LogP contribution in [-0.4, -0.2) is 34.0 Å². The first kappa shape index (κ1) is 15.7. The first-order valence-electron chi connectivity index (χ1n) is 7.45. The van der Waals surface area contributed by atoms with Gasteiger partial charge in [-0.1, -0.05) is 18.2 Å². The lowest BCUT2D eigenvalue weighted by Gasteiger charge is -2.10. The number of aromatic amines is 1. The summed E-state index contributed by atoms with van der Waals surface area (Å²) >= 11 is 0. The predicted octanol–water partition coefficient (Wildman–Crippen LogP) is 1.44. The molecule has 1 amide bonds. The third kappa shape index (κ3) is 3.57. The van der Waals surface area contributed by atoms with Gasteiger partial charge in [0.05, 0.1) is 18.9 Å². The number of ether oxygens (including phenoxy) is 1. The van der Waals surface area contributed by atoms with E-state index in [4.69, 9.17) is 4.74 Å². The van der Waals surface area contributed by atoms with Gasteiger partial charge in [0, 0.05) is 11.1 Å². The Hall–Kier alpha value is -3.22. The van der Waals surface area contributed by atoms with Crippen LogP contribution < -0.4 is 15.6 Å². The summed E-state index contributed by atoms with van der Waals surface area (Å²) in [5.74, 6) is 0.260. The van der Waals surface area contributed by atoms with Gasteiger partial charge in [0.1, 0.15) is 23.6 Å². The molecule has 3 rings (SSSR count). The highest BCUT2D eigenvalue weighted by molar-refractivity contribution is 5.91. The van der Waals surface area contributed by atoms with Gasteiger partial charge in [0.15, 0.2) is 0 Å². The standard InChI is InChI=1S/C17H16N4O3/c1-11-5-6-12-3-2-4-14(16(12)20-11)24-8-7-19-17(23)13-9-18-10-15(22)21-13/h2-6,9-10H,7-8H2,1H3,(H,19,23)(H,21,22). The van der Waals surface area contributed by atoms with Crippen LogP contribution in [0.1, 0.15) is 16.2 Å². The van der Waals surface area contributed by atoms with Crippen LogP contribution in [0.15, 0.2) is 47.5 Å². The molecular weight excluding hydrogens is 308 g/mol. The number of H-pyrrole nitrogens is 1. The van der Waals surface area contributed by atoms with Crippen molar-refractivity contribution in [2.24, 2.45) is 0 Å². The zero-order valence-electron chi connectivity index (χ0n) is 13.1. The van der Waals surface area contributed by atoms with Crippen LogP contribution in [0.25, 0.3) is 10.9 Å². The number of nitrogens with zero attached hydrogens (tertiary/aromatic N) is 2. The van der Waals surface area contributed by atoms with Crippen molar-refractivity contribution in [1.82, 2.24) is 20.3 Å².